The summed E-state index contributed by atoms with van der Waals surface area (Å²) in [4.78, 5) is 20.6. The van der Waals surface area contributed by atoms with Crippen LogP contribution in [0.4, 0.5) is 5.69 Å². The number of amides is 1. The Morgan fingerprint density at radius 1 is 1.25 bits per heavy atom. The molecule has 5 N–H and O–H groups in total. The Balaban J connectivity index is 1.79. The Bertz CT molecular complexity index is 936. The van der Waals surface area contributed by atoms with Gasteiger partial charge in [0.2, 0.25) is 5.91 Å². The van der Waals surface area contributed by atoms with E-state index in [4.69, 9.17) is 10.5 Å². The van der Waals surface area contributed by atoms with Crippen LogP contribution in [0.15, 0.2) is 48.5 Å². The smallest absolute Gasteiger partial charge is 0.240 e. The number of rotatable bonds is 8. The van der Waals surface area contributed by atoms with Gasteiger partial charge in [-0.1, -0.05) is 30.3 Å². The van der Waals surface area contributed by atoms with Gasteiger partial charge in [0.25, 0.3) is 0 Å². The van der Waals surface area contributed by atoms with Crippen LogP contribution in [0.25, 0.3) is 11.0 Å². The summed E-state index contributed by atoms with van der Waals surface area (Å²) in [6, 6.07) is 15.0. The number of H-pyrrole nitrogens is 1. The summed E-state index contributed by atoms with van der Waals surface area (Å²) in [6.07, 6.45) is 0. The van der Waals surface area contributed by atoms with E-state index in [1.54, 1.807) is 13.1 Å². The predicted molar refractivity (Wildman–Crippen MR) is 111 cm³/mol. The fourth-order valence-corrected chi connectivity index (χ4v) is 2.72. The lowest BCUT2D eigenvalue weighted by Gasteiger charge is -2.26. The van der Waals surface area contributed by atoms with Gasteiger partial charge < -0.3 is 26.1 Å². The van der Waals surface area contributed by atoms with Crippen molar-refractivity contribution in [2.75, 3.05) is 19.4 Å². The van der Waals surface area contributed by atoms with E-state index in [9.17, 15) is 4.79 Å². The molecule has 3 aromatic rings. The van der Waals surface area contributed by atoms with Crippen LogP contribution in [0.3, 0.4) is 0 Å². The number of carbonyl (C=O) groups excluding carboxylic acids is 1. The molecule has 7 nitrogen and oxygen atoms in total. The highest BCUT2D eigenvalue weighted by Crippen LogP contribution is 2.20. The van der Waals surface area contributed by atoms with Gasteiger partial charge in [0.05, 0.1) is 29.8 Å². The second kappa shape index (κ2) is 8.41. The first-order valence-electron chi connectivity index (χ1n) is 9.26. The topological polar surface area (TPSA) is 105 Å². The number of benzene rings is 2. The van der Waals surface area contributed by atoms with Crippen molar-refractivity contribution in [3.05, 3.63) is 59.9 Å². The molecule has 0 aliphatic carbocycles. The fourth-order valence-electron chi connectivity index (χ4n) is 2.72. The number of nitrogen functional groups attached to an aromatic ring is 1. The largest absolute Gasteiger partial charge is 0.399 e. The van der Waals surface area contributed by atoms with Crippen LogP contribution in [0.1, 0.15) is 31.3 Å². The zero-order chi connectivity index (χ0) is 20.1. The molecule has 1 aromatic heterocycles. The predicted octanol–water partition coefficient (Wildman–Crippen LogP) is 2.52. The monoisotopic (exact) mass is 381 g/mol. The molecule has 2 aromatic carbocycles. The number of hydrogen-bond donors (Lipinski definition) is 4. The lowest BCUT2D eigenvalue weighted by atomic mass is 10.0. The molecule has 28 heavy (non-hydrogen) atoms. The zero-order valence-corrected chi connectivity index (χ0v) is 16.5. The van der Waals surface area contributed by atoms with Gasteiger partial charge in [0, 0.05) is 5.69 Å². The molecule has 0 spiro atoms. The van der Waals surface area contributed by atoms with Crippen molar-refractivity contribution in [2.24, 2.45) is 0 Å². The van der Waals surface area contributed by atoms with Crippen LogP contribution >= 0.6 is 0 Å². The van der Waals surface area contributed by atoms with E-state index in [0.29, 0.717) is 18.1 Å². The van der Waals surface area contributed by atoms with Crippen molar-refractivity contribution in [3.8, 4) is 0 Å². The van der Waals surface area contributed by atoms with E-state index >= 15 is 0 Å². The summed E-state index contributed by atoms with van der Waals surface area (Å²) in [5.41, 5.74) is 8.48. The number of nitrogens with zero attached hydrogens (tertiary/aromatic N) is 1. The number of hydrogen-bond acceptors (Lipinski definition) is 5. The van der Waals surface area contributed by atoms with E-state index in [1.807, 2.05) is 56.3 Å². The lowest BCUT2D eigenvalue weighted by Crippen LogP contribution is -2.52. The number of aromatic amines is 1. The zero-order valence-electron chi connectivity index (χ0n) is 16.5. The number of imidazole rings is 1. The van der Waals surface area contributed by atoms with Crippen LogP contribution in [0, 0.1) is 0 Å². The number of carbonyl (C=O) groups is 1. The maximum atomic E-state index is 12.7. The molecule has 1 unspecified atom stereocenters. The van der Waals surface area contributed by atoms with E-state index in [0.717, 1.165) is 16.6 Å². The molecule has 0 aliphatic heterocycles. The molecule has 1 atom stereocenters. The van der Waals surface area contributed by atoms with Gasteiger partial charge in [-0.05, 0) is 44.7 Å². The fraction of sp³-hybridized carbons (Fsp3) is 0.333. The standard InChI is InChI=1S/C21H27N5O2/c1-21(2,23-3)20(27)26-18(13-28-12-14-7-5-4-6-8-14)19-24-16-10-9-15(22)11-17(16)25-19/h4-11,18,23H,12-13,22H2,1-3H3,(H,24,25)(H,26,27). The van der Waals surface area contributed by atoms with Crippen molar-refractivity contribution >= 4 is 22.6 Å². The number of nitrogens with two attached hydrogens (primary N) is 1. The minimum atomic E-state index is -0.714. The highest BCUT2D eigenvalue weighted by atomic mass is 16.5. The van der Waals surface area contributed by atoms with Gasteiger partial charge in [-0.15, -0.1) is 0 Å². The average Bonchev–Trinajstić information content (AvgIpc) is 3.10. The van der Waals surface area contributed by atoms with Crippen molar-refractivity contribution in [1.82, 2.24) is 20.6 Å². The molecule has 0 bridgehead atoms. The Morgan fingerprint density at radius 3 is 2.71 bits per heavy atom. The highest BCUT2D eigenvalue weighted by molar-refractivity contribution is 5.86. The molecule has 3 rings (SSSR count). The molecule has 0 aliphatic rings. The van der Waals surface area contributed by atoms with E-state index in [1.165, 1.54) is 0 Å². The van der Waals surface area contributed by atoms with E-state index in [2.05, 4.69) is 20.6 Å². The Hall–Kier alpha value is -2.90. The summed E-state index contributed by atoms with van der Waals surface area (Å²) in [7, 11) is 1.75. The van der Waals surface area contributed by atoms with Crippen LogP contribution < -0.4 is 16.4 Å². The van der Waals surface area contributed by atoms with E-state index < -0.39 is 11.6 Å². The first-order valence-corrected chi connectivity index (χ1v) is 9.26. The van der Waals surface area contributed by atoms with Crippen molar-refractivity contribution in [2.45, 2.75) is 32.0 Å². The first-order chi connectivity index (χ1) is 13.4. The number of nitrogens with one attached hydrogen (secondary N) is 3. The minimum Gasteiger partial charge on any atom is -0.399 e. The van der Waals surface area contributed by atoms with Gasteiger partial charge in [-0.25, -0.2) is 4.98 Å². The third-order valence-corrected chi connectivity index (χ3v) is 4.75. The Morgan fingerprint density at radius 2 is 2.00 bits per heavy atom. The molecular weight excluding hydrogens is 354 g/mol. The summed E-state index contributed by atoms with van der Waals surface area (Å²) < 4.78 is 5.88. The third-order valence-electron chi connectivity index (χ3n) is 4.75. The Kier molecular flexibility index (Phi) is 5.96. The van der Waals surface area contributed by atoms with Gasteiger partial charge in [-0.2, -0.15) is 0 Å². The highest BCUT2D eigenvalue weighted by Gasteiger charge is 2.29. The number of likely N-dealkylation sites (N-methyl/N-ethyl adjacent to an activating group) is 1. The number of ether oxygens (including phenoxy) is 1. The maximum absolute atomic E-state index is 12.7. The SMILES string of the molecule is CNC(C)(C)C(=O)NC(COCc1ccccc1)c1nc2ccc(N)cc2[nH]1. The number of fused-ring (bicyclic) bond motifs is 1. The molecule has 0 fully saturated rings. The number of anilines is 1. The second-order valence-electron chi connectivity index (χ2n) is 7.30. The van der Waals surface area contributed by atoms with Gasteiger partial charge in [0.1, 0.15) is 11.9 Å². The van der Waals surface area contributed by atoms with Gasteiger partial charge in [0.15, 0.2) is 0 Å². The molecule has 1 heterocycles. The summed E-state index contributed by atoms with van der Waals surface area (Å²) >= 11 is 0. The van der Waals surface area contributed by atoms with Crippen molar-refractivity contribution in [1.29, 1.82) is 0 Å². The van der Waals surface area contributed by atoms with Crippen LogP contribution in [0.5, 0.6) is 0 Å². The van der Waals surface area contributed by atoms with Gasteiger partial charge >= 0.3 is 0 Å². The lowest BCUT2D eigenvalue weighted by molar-refractivity contribution is -0.127. The second-order valence-corrected chi connectivity index (χ2v) is 7.30. The molecule has 1 amide bonds. The van der Waals surface area contributed by atoms with Crippen molar-refractivity contribution < 1.29 is 9.53 Å². The minimum absolute atomic E-state index is 0.136. The van der Waals surface area contributed by atoms with Crippen molar-refractivity contribution in [3.63, 3.8) is 0 Å². The number of aromatic nitrogens is 2. The summed E-state index contributed by atoms with van der Waals surface area (Å²) in [6.45, 7) is 4.39. The quantitative estimate of drug-likeness (QED) is 0.449. The van der Waals surface area contributed by atoms with E-state index in [-0.39, 0.29) is 12.5 Å². The van der Waals surface area contributed by atoms with Crippen LogP contribution in [-0.4, -0.2) is 35.1 Å². The molecular formula is C21H27N5O2. The molecule has 148 valence electrons. The summed E-state index contributed by atoms with van der Waals surface area (Å²) in [5, 5.41) is 6.05. The summed E-state index contributed by atoms with van der Waals surface area (Å²) in [5.74, 6) is 0.497. The van der Waals surface area contributed by atoms with Crippen LogP contribution in [-0.2, 0) is 16.1 Å². The molecule has 0 saturated carbocycles. The maximum Gasteiger partial charge on any atom is 0.240 e. The molecule has 0 saturated heterocycles. The normalized spacial score (nSPS) is 12.8. The first kappa shape index (κ1) is 19.9. The molecule has 0 radical (unpaired) electrons. The van der Waals surface area contributed by atoms with Crippen LogP contribution in [0.2, 0.25) is 0 Å². The average molecular weight is 381 g/mol. The molecule has 7 heteroatoms. The third kappa shape index (κ3) is 4.68. The van der Waals surface area contributed by atoms with Gasteiger partial charge in [-0.3, -0.25) is 4.79 Å². The Labute approximate surface area is 164 Å².